The minimum absolute atomic E-state index is 0.330. The van der Waals surface area contributed by atoms with Gasteiger partial charge >= 0.3 is 0 Å². The molecule has 0 aliphatic heterocycles. The summed E-state index contributed by atoms with van der Waals surface area (Å²) in [6.45, 7) is 0.666. The number of ether oxygens (including phenoxy) is 1. The van der Waals surface area contributed by atoms with Crippen LogP contribution in [0.4, 0.5) is 0 Å². The van der Waals surface area contributed by atoms with Gasteiger partial charge in [0, 0.05) is 0 Å². The molecule has 0 aliphatic rings. The van der Waals surface area contributed by atoms with E-state index in [2.05, 4.69) is 0 Å². The van der Waals surface area contributed by atoms with Gasteiger partial charge in [0.25, 0.3) is 0 Å². The fourth-order valence-electron chi connectivity index (χ4n) is 0.802. The number of benzene rings is 1. The van der Waals surface area contributed by atoms with E-state index in [1.807, 2.05) is 5.48 Å². The molecule has 72 valence electrons. The topological polar surface area (TPSA) is 41.5 Å². The van der Waals surface area contributed by atoms with Gasteiger partial charge in [0.05, 0.1) is 11.6 Å². The summed E-state index contributed by atoms with van der Waals surface area (Å²) in [4.78, 5) is 0. The highest BCUT2D eigenvalue weighted by Gasteiger charge is 2.04. The molecule has 13 heavy (non-hydrogen) atoms. The maximum atomic E-state index is 8.28. The van der Waals surface area contributed by atoms with Gasteiger partial charge < -0.3 is 9.94 Å². The number of hydrogen-bond acceptors (Lipinski definition) is 3. The lowest BCUT2D eigenvalue weighted by Crippen LogP contribution is -2.16. The van der Waals surface area contributed by atoms with Crippen molar-refractivity contribution in [2.24, 2.45) is 0 Å². The Morgan fingerprint density at radius 2 is 2.15 bits per heavy atom. The van der Waals surface area contributed by atoms with Crippen LogP contribution in [0.5, 0.6) is 5.75 Å². The van der Waals surface area contributed by atoms with E-state index in [0.29, 0.717) is 28.9 Å². The third-order valence-corrected chi connectivity index (χ3v) is 2.19. The first-order valence-electron chi connectivity index (χ1n) is 3.69. The standard InChI is InChI=1S/C8H9Cl2NO2/c9-6-2-1-3-7(8(6)10)13-5-4-11-12/h1-3,11-12H,4-5H2. The van der Waals surface area contributed by atoms with E-state index < -0.39 is 0 Å². The van der Waals surface area contributed by atoms with Crippen LogP contribution in [-0.4, -0.2) is 18.4 Å². The van der Waals surface area contributed by atoms with Crippen molar-refractivity contribution < 1.29 is 9.94 Å². The molecule has 0 radical (unpaired) electrons. The Hall–Kier alpha value is -0.480. The van der Waals surface area contributed by atoms with Gasteiger partial charge in [-0.05, 0) is 12.1 Å². The SMILES string of the molecule is ONCCOc1cccc(Cl)c1Cl. The molecule has 0 unspecified atom stereocenters. The number of hydroxylamine groups is 1. The number of nitrogens with one attached hydrogen (secondary N) is 1. The van der Waals surface area contributed by atoms with E-state index in [1.54, 1.807) is 18.2 Å². The maximum Gasteiger partial charge on any atom is 0.139 e. The van der Waals surface area contributed by atoms with Crippen molar-refractivity contribution in [1.82, 2.24) is 5.48 Å². The predicted molar refractivity (Wildman–Crippen MR) is 51.7 cm³/mol. The second-order valence-electron chi connectivity index (χ2n) is 2.31. The highest BCUT2D eigenvalue weighted by Crippen LogP contribution is 2.31. The molecule has 0 spiro atoms. The number of rotatable bonds is 4. The van der Waals surface area contributed by atoms with E-state index in [0.717, 1.165) is 0 Å². The lowest BCUT2D eigenvalue weighted by Gasteiger charge is -2.07. The normalized spacial score (nSPS) is 10.1. The van der Waals surface area contributed by atoms with Crippen molar-refractivity contribution in [2.75, 3.05) is 13.2 Å². The molecule has 1 aromatic rings. The summed E-state index contributed by atoms with van der Waals surface area (Å²) < 4.78 is 5.22. The summed E-state index contributed by atoms with van der Waals surface area (Å²) in [6.07, 6.45) is 0. The molecule has 2 N–H and O–H groups in total. The van der Waals surface area contributed by atoms with Crippen LogP contribution in [-0.2, 0) is 0 Å². The van der Waals surface area contributed by atoms with Crippen LogP contribution in [0.2, 0.25) is 10.0 Å². The van der Waals surface area contributed by atoms with Crippen LogP contribution in [0.15, 0.2) is 18.2 Å². The Labute approximate surface area is 86.2 Å². The molecule has 3 nitrogen and oxygen atoms in total. The largest absolute Gasteiger partial charge is 0.491 e. The van der Waals surface area contributed by atoms with E-state index in [1.165, 1.54) is 0 Å². The van der Waals surface area contributed by atoms with Crippen molar-refractivity contribution in [3.8, 4) is 5.75 Å². The van der Waals surface area contributed by atoms with Gasteiger partial charge in [-0.25, -0.2) is 5.48 Å². The number of halogens is 2. The Morgan fingerprint density at radius 3 is 2.85 bits per heavy atom. The van der Waals surface area contributed by atoms with Gasteiger partial charge in [0.15, 0.2) is 0 Å². The minimum atomic E-state index is 0.330. The second kappa shape index (κ2) is 5.29. The van der Waals surface area contributed by atoms with Crippen molar-refractivity contribution in [1.29, 1.82) is 0 Å². The lowest BCUT2D eigenvalue weighted by atomic mass is 10.3. The van der Waals surface area contributed by atoms with Crippen LogP contribution in [0.1, 0.15) is 0 Å². The first kappa shape index (κ1) is 10.6. The van der Waals surface area contributed by atoms with E-state index >= 15 is 0 Å². The molecule has 0 saturated carbocycles. The molecule has 0 atom stereocenters. The highest BCUT2D eigenvalue weighted by atomic mass is 35.5. The molecular formula is C8H9Cl2NO2. The molecule has 0 bridgehead atoms. The Balaban J connectivity index is 2.61. The van der Waals surface area contributed by atoms with E-state index in [4.69, 9.17) is 33.1 Å². The summed E-state index contributed by atoms with van der Waals surface area (Å²) in [5.41, 5.74) is 1.97. The van der Waals surface area contributed by atoms with Gasteiger partial charge in [-0.3, -0.25) is 0 Å². The van der Waals surface area contributed by atoms with Gasteiger partial charge in [0.1, 0.15) is 17.4 Å². The van der Waals surface area contributed by atoms with E-state index in [9.17, 15) is 0 Å². The fraction of sp³-hybridized carbons (Fsp3) is 0.250. The zero-order chi connectivity index (χ0) is 9.68. The van der Waals surface area contributed by atoms with E-state index in [-0.39, 0.29) is 0 Å². The van der Waals surface area contributed by atoms with Crippen LogP contribution in [0.3, 0.4) is 0 Å². The van der Waals surface area contributed by atoms with Crippen LogP contribution in [0.25, 0.3) is 0 Å². The summed E-state index contributed by atoms with van der Waals surface area (Å²) in [5, 5.41) is 9.12. The number of hydrogen-bond donors (Lipinski definition) is 2. The summed E-state index contributed by atoms with van der Waals surface area (Å²) in [7, 11) is 0. The molecule has 0 aromatic heterocycles. The van der Waals surface area contributed by atoms with Crippen molar-refractivity contribution >= 4 is 23.2 Å². The van der Waals surface area contributed by atoms with Gasteiger partial charge in [-0.2, -0.15) is 0 Å². The monoisotopic (exact) mass is 221 g/mol. The Morgan fingerprint density at radius 1 is 1.38 bits per heavy atom. The second-order valence-corrected chi connectivity index (χ2v) is 3.09. The minimum Gasteiger partial charge on any atom is -0.491 e. The van der Waals surface area contributed by atoms with Gasteiger partial charge in [0.2, 0.25) is 0 Å². The Bertz CT molecular complexity index is 281. The third kappa shape index (κ3) is 3.04. The van der Waals surface area contributed by atoms with Gasteiger partial charge in [-0.15, -0.1) is 0 Å². The zero-order valence-corrected chi connectivity index (χ0v) is 8.27. The molecule has 0 heterocycles. The summed E-state index contributed by atoms with van der Waals surface area (Å²) >= 11 is 11.6. The van der Waals surface area contributed by atoms with Gasteiger partial charge in [-0.1, -0.05) is 29.3 Å². The predicted octanol–water partition coefficient (Wildman–Crippen LogP) is 2.35. The summed E-state index contributed by atoms with van der Waals surface area (Å²) in [5.74, 6) is 0.518. The van der Waals surface area contributed by atoms with Crippen molar-refractivity contribution in [3.05, 3.63) is 28.2 Å². The van der Waals surface area contributed by atoms with Crippen LogP contribution in [0, 0.1) is 0 Å². The quantitative estimate of drug-likeness (QED) is 0.606. The first-order valence-corrected chi connectivity index (χ1v) is 4.45. The zero-order valence-electron chi connectivity index (χ0n) is 6.76. The lowest BCUT2D eigenvalue weighted by molar-refractivity contribution is 0.145. The van der Waals surface area contributed by atoms with Crippen molar-refractivity contribution in [2.45, 2.75) is 0 Å². The average molecular weight is 222 g/mol. The Kier molecular flexibility index (Phi) is 4.32. The molecule has 5 heteroatoms. The van der Waals surface area contributed by atoms with Crippen LogP contribution >= 0.6 is 23.2 Å². The summed E-state index contributed by atoms with van der Waals surface area (Å²) in [6, 6.07) is 5.14. The molecule has 1 rings (SSSR count). The molecule has 0 amide bonds. The molecule has 0 saturated heterocycles. The molecule has 0 fully saturated rings. The molecule has 1 aromatic carbocycles. The van der Waals surface area contributed by atoms with Crippen molar-refractivity contribution in [3.63, 3.8) is 0 Å². The third-order valence-electron chi connectivity index (χ3n) is 1.39. The molecular weight excluding hydrogens is 213 g/mol. The molecule has 0 aliphatic carbocycles. The maximum absolute atomic E-state index is 8.28. The highest BCUT2D eigenvalue weighted by molar-refractivity contribution is 6.42. The van der Waals surface area contributed by atoms with Crippen LogP contribution < -0.4 is 10.2 Å². The average Bonchev–Trinajstić information content (AvgIpc) is 2.13. The smallest absolute Gasteiger partial charge is 0.139 e. The first-order chi connectivity index (χ1) is 6.25. The fourth-order valence-corrected chi connectivity index (χ4v) is 1.15.